The molecule has 1 nitrogen and oxygen atoms in total. The zero-order chi connectivity index (χ0) is 11.5. The second-order valence-electron chi connectivity index (χ2n) is 3.88. The Morgan fingerprint density at radius 3 is 2.12 bits per heavy atom. The maximum Gasteiger partial charge on any atom is 0.115 e. The van der Waals surface area contributed by atoms with Crippen LogP contribution in [-0.2, 0) is 6.42 Å². The minimum Gasteiger partial charge on any atom is -0.508 e. The van der Waals surface area contributed by atoms with Gasteiger partial charge in [-0.15, -0.1) is 0 Å². The van der Waals surface area contributed by atoms with Gasteiger partial charge in [0.1, 0.15) is 5.75 Å². The van der Waals surface area contributed by atoms with Crippen LogP contribution < -0.4 is 0 Å². The van der Waals surface area contributed by atoms with Gasteiger partial charge in [0.05, 0.1) is 0 Å². The summed E-state index contributed by atoms with van der Waals surface area (Å²) < 4.78 is 0. The first-order valence-corrected chi connectivity index (χ1v) is 5.56. The molecule has 0 atom stereocenters. The maximum absolute atomic E-state index is 8.88. The standard InChI is InChI=1S/C7H7ClO.C7H6/c1-5-4-6(9)2-3-7(5)8;1-2-4-7-5-6(7)3-1/h2-4,9H,1H3;1-4H,5H2. The highest BCUT2D eigenvalue weighted by atomic mass is 35.5. The normalized spacial score (nSPS) is 11.1. The monoisotopic (exact) mass is 232 g/mol. The molecular formula is C14H13ClO. The highest BCUT2D eigenvalue weighted by Gasteiger charge is 2.12. The van der Waals surface area contributed by atoms with Gasteiger partial charge in [-0.1, -0.05) is 35.9 Å². The third kappa shape index (κ3) is 2.77. The zero-order valence-corrected chi connectivity index (χ0v) is 9.83. The topological polar surface area (TPSA) is 20.2 Å². The van der Waals surface area contributed by atoms with Crippen molar-refractivity contribution in [2.75, 3.05) is 0 Å². The Morgan fingerprint density at radius 2 is 1.69 bits per heavy atom. The number of halogens is 1. The lowest BCUT2D eigenvalue weighted by Crippen LogP contribution is -1.71. The zero-order valence-electron chi connectivity index (χ0n) is 9.07. The molecule has 3 rings (SSSR count). The van der Waals surface area contributed by atoms with Gasteiger partial charge in [-0.05, 0) is 48.2 Å². The van der Waals surface area contributed by atoms with Gasteiger partial charge in [-0.3, -0.25) is 0 Å². The van der Waals surface area contributed by atoms with E-state index in [0.717, 1.165) is 5.56 Å². The molecule has 0 spiro atoms. The Morgan fingerprint density at radius 1 is 1.06 bits per heavy atom. The third-order valence-corrected chi connectivity index (χ3v) is 2.94. The van der Waals surface area contributed by atoms with Crippen molar-refractivity contribution < 1.29 is 5.11 Å². The molecule has 0 aromatic heterocycles. The molecule has 82 valence electrons. The second kappa shape index (κ2) is 4.58. The summed E-state index contributed by atoms with van der Waals surface area (Å²) in [6.07, 6.45) is 1.24. The van der Waals surface area contributed by atoms with Crippen LogP contribution in [0.25, 0.3) is 0 Å². The van der Waals surface area contributed by atoms with Crippen molar-refractivity contribution in [1.29, 1.82) is 0 Å². The average molecular weight is 233 g/mol. The van der Waals surface area contributed by atoms with E-state index in [-0.39, 0.29) is 5.75 Å². The van der Waals surface area contributed by atoms with Crippen molar-refractivity contribution in [3.05, 3.63) is 64.2 Å². The van der Waals surface area contributed by atoms with E-state index in [9.17, 15) is 0 Å². The van der Waals surface area contributed by atoms with Crippen molar-refractivity contribution >= 4 is 11.6 Å². The molecule has 2 heteroatoms. The van der Waals surface area contributed by atoms with Crippen LogP contribution in [-0.4, -0.2) is 5.11 Å². The molecule has 1 N–H and O–H groups in total. The molecule has 0 fully saturated rings. The quantitative estimate of drug-likeness (QED) is 0.622. The fraction of sp³-hybridized carbons (Fsp3) is 0.143. The Hall–Kier alpha value is -1.47. The summed E-state index contributed by atoms with van der Waals surface area (Å²) in [5.41, 5.74) is 3.96. The molecule has 1 aliphatic rings. The molecule has 2 aromatic rings. The molecule has 0 saturated carbocycles. The molecule has 0 bridgehead atoms. The van der Waals surface area contributed by atoms with E-state index in [2.05, 4.69) is 24.3 Å². The summed E-state index contributed by atoms with van der Waals surface area (Å²) in [5, 5.41) is 9.57. The summed E-state index contributed by atoms with van der Waals surface area (Å²) in [6.45, 7) is 1.85. The van der Waals surface area contributed by atoms with Gasteiger partial charge in [0.2, 0.25) is 0 Å². The Kier molecular flexibility index (Phi) is 3.16. The van der Waals surface area contributed by atoms with Gasteiger partial charge in [-0.2, -0.15) is 0 Å². The fourth-order valence-corrected chi connectivity index (χ4v) is 1.58. The van der Waals surface area contributed by atoms with E-state index >= 15 is 0 Å². The molecule has 0 radical (unpaired) electrons. The summed E-state index contributed by atoms with van der Waals surface area (Å²) in [5.74, 6) is 0.261. The molecule has 0 unspecified atom stereocenters. The summed E-state index contributed by atoms with van der Waals surface area (Å²) in [6, 6.07) is 13.4. The second-order valence-corrected chi connectivity index (χ2v) is 4.29. The first-order chi connectivity index (χ1) is 7.66. The SMILES string of the molecule is Cc1cc(O)ccc1Cl.c1ccc2c(c1)C2. The van der Waals surface area contributed by atoms with Gasteiger partial charge in [-0.25, -0.2) is 0 Å². The predicted molar refractivity (Wildman–Crippen MR) is 67.1 cm³/mol. The molecule has 0 aliphatic heterocycles. The molecule has 1 aliphatic carbocycles. The first-order valence-electron chi connectivity index (χ1n) is 5.19. The number of fused-ring (bicyclic) bond motifs is 1. The number of hydrogen-bond acceptors (Lipinski definition) is 1. The van der Waals surface area contributed by atoms with Crippen molar-refractivity contribution in [2.24, 2.45) is 0 Å². The van der Waals surface area contributed by atoms with Gasteiger partial charge in [0, 0.05) is 5.02 Å². The van der Waals surface area contributed by atoms with Gasteiger partial charge >= 0.3 is 0 Å². The van der Waals surface area contributed by atoms with Gasteiger partial charge in [0.15, 0.2) is 0 Å². The minimum atomic E-state index is 0.261. The van der Waals surface area contributed by atoms with E-state index in [1.807, 2.05) is 6.92 Å². The first kappa shape index (κ1) is 11.0. The highest BCUT2D eigenvalue weighted by molar-refractivity contribution is 6.31. The van der Waals surface area contributed by atoms with Crippen molar-refractivity contribution in [3.63, 3.8) is 0 Å². The molecule has 16 heavy (non-hydrogen) atoms. The molecule has 0 amide bonds. The summed E-state index contributed by atoms with van der Waals surface area (Å²) in [7, 11) is 0. The number of benzene rings is 2. The average Bonchev–Trinajstić information content (AvgIpc) is 3.04. The summed E-state index contributed by atoms with van der Waals surface area (Å²) >= 11 is 5.67. The van der Waals surface area contributed by atoms with E-state index in [1.165, 1.54) is 17.5 Å². The molecular weight excluding hydrogens is 220 g/mol. The van der Waals surface area contributed by atoms with Crippen LogP contribution in [0.1, 0.15) is 16.7 Å². The van der Waals surface area contributed by atoms with E-state index in [1.54, 1.807) is 18.2 Å². The minimum absolute atomic E-state index is 0.261. The lowest BCUT2D eigenvalue weighted by molar-refractivity contribution is 0.475. The van der Waals surface area contributed by atoms with Gasteiger partial charge < -0.3 is 5.11 Å². The van der Waals surface area contributed by atoms with E-state index in [0.29, 0.717) is 5.02 Å². The Bertz CT molecular complexity index is 485. The van der Waals surface area contributed by atoms with Crippen LogP contribution in [0.4, 0.5) is 0 Å². The van der Waals surface area contributed by atoms with Crippen LogP contribution >= 0.6 is 11.6 Å². The molecule has 0 saturated heterocycles. The number of hydrogen-bond donors (Lipinski definition) is 1. The smallest absolute Gasteiger partial charge is 0.115 e. The number of aromatic hydroxyl groups is 1. The largest absolute Gasteiger partial charge is 0.508 e. The van der Waals surface area contributed by atoms with Gasteiger partial charge in [0.25, 0.3) is 0 Å². The van der Waals surface area contributed by atoms with E-state index in [4.69, 9.17) is 16.7 Å². The van der Waals surface area contributed by atoms with Crippen molar-refractivity contribution in [3.8, 4) is 5.75 Å². The summed E-state index contributed by atoms with van der Waals surface area (Å²) in [4.78, 5) is 0. The maximum atomic E-state index is 8.88. The highest BCUT2D eigenvalue weighted by Crippen LogP contribution is 2.25. The van der Waals surface area contributed by atoms with Crippen LogP contribution in [0.2, 0.25) is 5.02 Å². The van der Waals surface area contributed by atoms with E-state index < -0.39 is 0 Å². The Balaban J connectivity index is 0.000000123. The molecule has 0 heterocycles. The third-order valence-electron chi connectivity index (χ3n) is 2.52. The number of aryl methyl sites for hydroxylation is 1. The van der Waals surface area contributed by atoms with Crippen LogP contribution in [0.15, 0.2) is 42.5 Å². The van der Waals surface area contributed by atoms with Crippen molar-refractivity contribution in [2.45, 2.75) is 13.3 Å². The van der Waals surface area contributed by atoms with Crippen LogP contribution in [0, 0.1) is 6.92 Å². The predicted octanol–water partition coefficient (Wildman–Crippen LogP) is 3.94. The molecule has 2 aromatic carbocycles. The Labute approximate surface area is 100 Å². The fourth-order valence-electron chi connectivity index (χ4n) is 1.47. The van der Waals surface area contributed by atoms with Crippen LogP contribution in [0.3, 0.4) is 0 Å². The van der Waals surface area contributed by atoms with Crippen molar-refractivity contribution in [1.82, 2.24) is 0 Å². The number of phenols is 1. The van der Waals surface area contributed by atoms with Crippen LogP contribution in [0.5, 0.6) is 5.75 Å². The lowest BCUT2D eigenvalue weighted by atomic mass is 10.2. The lowest BCUT2D eigenvalue weighted by Gasteiger charge is -1.95. The number of phenolic OH excluding ortho intramolecular Hbond substituents is 1. The number of rotatable bonds is 0.